The van der Waals surface area contributed by atoms with Gasteiger partial charge in [-0.15, -0.1) is 12.4 Å². The van der Waals surface area contributed by atoms with Crippen LogP contribution in [0, 0.1) is 0 Å². The van der Waals surface area contributed by atoms with Crippen molar-refractivity contribution in [3.05, 3.63) is 24.4 Å². The van der Waals surface area contributed by atoms with E-state index < -0.39 is 0 Å². The molecule has 3 aliphatic rings. The highest BCUT2D eigenvalue weighted by atomic mass is 35.5. The lowest BCUT2D eigenvalue weighted by Gasteiger charge is -2.41. The quantitative estimate of drug-likeness (QED) is 0.850. The van der Waals surface area contributed by atoms with Gasteiger partial charge in [0.05, 0.1) is 11.2 Å². The van der Waals surface area contributed by atoms with Gasteiger partial charge in [-0.1, -0.05) is 0 Å². The van der Waals surface area contributed by atoms with E-state index in [-0.39, 0.29) is 29.9 Å². The molecule has 2 aromatic rings. The molecule has 5 rings (SSSR count). The third-order valence-corrected chi connectivity index (χ3v) is 5.74. The van der Waals surface area contributed by atoms with Crippen LogP contribution in [0.5, 0.6) is 5.75 Å². The van der Waals surface area contributed by atoms with Gasteiger partial charge >= 0.3 is 0 Å². The first kappa shape index (κ1) is 16.3. The van der Waals surface area contributed by atoms with Gasteiger partial charge in [-0.2, -0.15) is 5.10 Å². The molecule has 0 spiro atoms. The topological polar surface area (TPSA) is 58.9 Å². The minimum atomic E-state index is -0.291. The van der Waals surface area contributed by atoms with E-state index in [1.54, 1.807) is 0 Å². The summed E-state index contributed by atoms with van der Waals surface area (Å²) < 4.78 is 8.27. The molecule has 0 unspecified atom stereocenters. The highest BCUT2D eigenvalue weighted by Crippen LogP contribution is 2.44. The zero-order valence-corrected chi connectivity index (χ0v) is 15.1. The van der Waals surface area contributed by atoms with Crippen molar-refractivity contribution in [2.24, 2.45) is 5.10 Å². The second kappa shape index (κ2) is 5.39. The van der Waals surface area contributed by atoms with Crippen LogP contribution < -0.4 is 15.1 Å². The van der Waals surface area contributed by atoms with Crippen LogP contribution in [-0.2, 0) is 10.3 Å². The molecule has 2 aliphatic heterocycles. The number of benzene rings is 1. The van der Waals surface area contributed by atoms with Gasteiger partial charge in [0.25, 0.3) is 5.91 Å². The van der Waals surface area contributed by atoms with Crippen LogP contribution in [0.1, 0.15) is 33.1 Å². The average molecular weight is 361 g/mol. The summed E-state index contributed by atoms with van der Waals surface area (Å²) in [5.41, 5.74) is 4.89. The molecule has 1 amide bonds. The molecule has 25 heavy (non-hydrogen) atoms. The van der Waals surface area contributed by atoms with E-state index in [1.807, 2.05) is 11.8 Å². The number of anilines is 1. The Morgan fingerprint density at radius 2 is 2.16 bits per heavy atom. The maximum atomic E-state index is 12.0. The number of carbonyl (C=O) groups is 1. The maximum absolute atomic E-state index is 12.0. The number of carbonyl (C=O) groups excluding carboxylic acids is 1. The third kappa shape index (κ3) is 2.16. The van der Waals surface area contributed by atoms with E-state index in [2.05, 4.69) is 46.4 Å². The van der Waals surface area contributed by atoms with Crippen molar-refractivity contribution in [3.8, 4) is 5.75 Å². The fraction of sp³-hybridized carbons (Fsp3) is 0.444. The summed E-state index contributed by atoms with van der Waals surface area (Å²) in [6.45, 7) is 4.59. The molecule has 0 radical (unpaired) electrons. The molecule has 1 aromatic carbocycles. The first-order valence-corrected chi connectivity index (χ1v) is 8.51. The van der Waals surface area contributed by atoms with Crippen LogP contribution in [0.4, 0.5) is 5.69 Å². The second-order valence-corrected chi connectivity index (χ2v) is 7.25. The van der Waals surface area contributed by atoms with Crippen molar-refractivity contribution in [1.29, 1.82) is 0 Å². The molecular formula is C18H21ClN4O2. The van der Waals surface area contributed by atoms with Crippen LogP contribution in [0.15, 0.2) is 29.5 Å². The lowest BCUT2D eigenvalue weighted by molar-refractivity contribution is -0.122. The van der Waals surface area contributed by atoms with Gasteiger partial charge in [0, 0.05) is 17.1 Å². The Kier molecular flexibility index (Phi) is 3.51. The van der Waals surface area contributed by atoms with E-state index in [4.69, 9.17) is 4.74 Å². The molecular weight excluding hydrogens is 340 g/mol. The molecule has 1 aliphatic carbocycles. The molecule has 0 saturated heterocycles. The number of rotatable bonds is 1. The molecule has 1 atom stereocenters. The second-order valence-electron chi connectivity index (χ2n) is 7.25. The standard InChI is InChI=1S/C18H20N4O2.ClH/c1-11-17(23)20-19-16-10-24-15-8-12-4-7-21(18(2)5-3-6-18)13(12)9-14(15)22(11)16;/h4,7-9,11H,3,5-6,10H2,1-2H3,(H,20,23);1H/t11-;/m1./s1. The van der Waals surface area contributed by atoms with Gasteiger partial charge < -0.3 is 14.2 Å². The predicted molar refractivity (Wildman–Crippen MR) is 99.7 cm³/mol. The summed E-state index contributed by atoms with van der Waals surface area (Å²) in [5.74, 6) is 1.48. The van der Waals surface area contributed by atoms with Gasteiger partial charge in [0.15, 0.2) is 5.84 Å². The van der Waals surface area contributed by atoms with Crippen molar-refractivity contribution < 1.29 is 9.53 Å². The van der Waals surface area contributed by atoms with E-state index >= 15 is 0 Å². The largest absolute Gasteiger partial charge is 0.483 e. The molecule has 3 heterocycles. The number of nitrogens with one attached hydrogen (secondary N) is 1. The van der Waals surface area contributed by atoms with Crippen LogP contribution in [0.2, 0.25) is 0 Å². The Balaban J connectivity index is 0.00000157. The Hall–Kier alpha value is -2.21. The summed E-state index contributed by atoms with van der Waals surface area (Å²) in [6.07, 6.45) is 5.88. The predicted octanol–water partition coefficient (Wildman–Crippen LogP) is 2.99. The molecule has 1 fully saturated rings. The van der Waals surface area contributed by atoms with Gasteiger partial charge in [0.1, 0.15) is 18.4 Å². The number of ether oxygens (including phenoxy) is 1. The van der Waals surface area contributed by atoms with Gasteiger partial charge in [-0.25, -0.2) is 5.43 Å². The molecule has 1 aromatic heterocycles. The third-order valence-electron chi connectivity index (χ3n) is 5.74. The van der Waals surface area contributed by atoms with Gasteiger partial charge in [0.2, 0.25) is 0 Å². The molecule has 7 heteroatoms. The van der Waals surface area contributed by atoms with Gasteiger partial charge in [-0.3, -0.25) is 4.79 Å². The molecule has 132 valence electrons. The van der Waals surface area contributed by atoms with E-state index in [0.29, 0.717) is 6.61 Å². The summed E-state index contributed by atoms with van der Waals surface area (Å²) in [7, 11) is 0. The smallest absolute Gasteiger partial charge is 0.262 e. The lowest BCUT2D eigenvalue weighted by Crippen LogP contribution is -2.55. The Morgan fingerprint density at radius 1 is 1.36 bits per heavy atom. The highest BCUT2D eigenvalue weighted by molar-refractivity contribution is 6.10. The molecule has 1 N–H and O–H groups in total. The summed E-state index contributed by atoms with van der Waals surface area (Å²) >= 11 is 0. The fourth-order valence-corrected chi connectivity index (χ4v) is 4.05. The van der Waals surface area contributed by atoms with Crippen LogP contribution in [0.25, 0.3) is 10.9 Å². The van der Waals surface area contributed by atoms with Crippen molar-refractivity contribution >= 4 is 40.7 Å². The minimum absolute atomic E-state index is 0. The summed E-state index contributed by atoms with van der Waals surface area (Å²) in [4.78, 5) is 14.0. The first-order valence-electron chi connectivity index (χ1n) is 8.51. The van der Waals surface area contributed by atoms with E-state index in [0.717, 1.165) is 17.3 Å². The molecule has 1 saturated carbocycles. The molecule has 0 bridgehead atoms. The van der Waals surface area contributed by atoms with Crippen LogP contribution >= 0.6 is 12.4 Å². The zero-order valence-electron chi connectivity index (χ0n) is 14.3. The number of amides is 1. The monoisotopic (exact) mass is 360 g/mol. The zero-order chi connectivity index (χ0) is 16.5. The number of hydrazone groups is 1. The van der Waals surface area contributed by atoms with Crippen LogP contribution in [0.3, 0.4) is 0 Å². The fourth-order valence-electron chi connectivity index (χ4n) is 4.05. The summed E-state index contributed by atoms with van der Waals surface area (Å²) in [5, 5.41) is 5.34. The lowest BCUT2D eigenvalue weighted by atomic mass is 9.78. The number of halogens is 1. The van der Waals surface area contributed by atoms with E-state index in [1.165, 1.54) is 30.2 Å². The average Bonchev–Trinajstić information content (AvgIpc) is 2.97. The Labute approximate surface area is 152 Å². The maximum Gasteiger partial charge on any atom is 0.262 e. The van der Waals surface area contributed by atoms with Crippen LogP contribution in [-0.4, -0.2) is 29.0 Å². The van der Waals surface area contributed by atoms with Crippen molar-refractivity contribution in [2.45, 2.75) is 44.7 Å². The van der Waals surface area contributed by atoms with Gasteiger partial charge in [-0.05, 0) is 51.3 Å². The van der Waals surface area contributed by atoms with E-state index in [9.17, 15) is 4.79 Å². The first-order chi connectivity index (χ1) is 11.6. The number of aromatic nitrogens is 1. The number of hydrogen-bond acceptors (Lipinski definition) is 4. The normalized spacial score (nSPS) is 23.4. The number of hydrogen-bond donors (Lipinski definition) is 1. The van der Waals surface area contributed by atoms with Crippen molar-refractivity contribution in [3.63, 3.8) is 0 Å². The van der Waals surface area contributed by atoms with Crippen molar-refractivity contribution in [2.75, 3.05) is 11.5 Å². The number of amidine groups is 1. The minimum Gasteiger partial charge on any atom is -0.483 e. The Bertz CT molecular complexity index is 900. The summed E-state index contributed by atoms with van der Waals surface area (Å²) in [6, 6.07) is 6.09. The highest BCUT2D eigenvalue weighted by Gasteiger charge is 2.37. The molecule has 6 nitrogen and oxygen atoms in total. The SMILES string of the molecule is C[C@@H]1C(=O)NN=C2COc3cc4ccn(C5(C)CCC5)c4cc3N21.Cl. The number of nitrogens with zero attached hydrogens (tertiary/aromatic N) is 3. The number of fused-ring (bicyclic) bond motifs is 4. The van der Waals surface area contributed by atoms with Crippen molar-refractivity contribution in [1.82, 2.24) is 9.99 Å². The Morgan fingerprint density at radius 3 is 2.88 bits per heavy atom.